The van der Waals surface area contributed by atoms with E-state index in [1.165, 1.54) is 4.90 Å². The van der Waals surface area contributed by atoms with Crippen molar-refractivity contribution in [2.45, 2.75) is 24.8 Å². The minimum Gasteiger partial charge on any atom is -0.479 e. The van der Waals surface area contributed by atoms with Crippen molar-refractivity contribution in [3.8, 4) is 0 Å². The maximum atomic E-state index is 11.9. The molecule has 2 saturated heterocycles. The molecule has 2 aliphatic rings. The Balaban J connectivity index is 2.22. The van der Waals surface area contributed by atoms with Crippen molar-refractivity contribution in [3.63, 3.8) is 0 Å². The van der Waals surface area contributed by atoms with E-state index in [1.807, 2.05) is 0 Å². The van der Waals surface area contributed by atoms with Gasteiger partial charge < -0.3 is 20.5 Å². The zero-order valence-electron chi connectivity index (χ0n) is 9.72. The van der Waals surface area contributed by atoms with Gasteiger partial charge in [0.05, 0.1) is 0 Å². The molecular weight excluding hydrogens is 224 g/mol. The molecule has 0 aromatic rings. The minimum atomic E-state index is -1.07. The number of carboxylic acid groups (broad SMARTS) is 1. The van der Waals surface area contributed by atoms with Crippen LogP contribution in [0.15, 0.2) is 0 Å². The van der Waals surface area contributed by atoms with Gasteiger partial charge >= 0.3 is 5.97 Å². The molecule has 6 heteroatoms. The second-order valence-corrected chi connectivity index (χ2v) is 4.76. The van der Waals surface area contributed by atoms with Crippen molar-refractivity contribution in [2.24, 2.45) is 11.7 Å². The third-order valence-corrected chi connectivity index (χ3v) is 3.77. The first kappa shape index (κ1) is 12.3. The van der Waals surface area contributed by atoms with E-state index in [4.69, 9.17) is 10.5 Å². The SMILES string of the molecule is NCC1CC(=O)N(C2(C(=O)O)CCOCC2)C1. The summed E-state index contributed by atoms with van der Waals surface area (Å²) in [5.74, 6) is -0.932. The summed E-state index contributed by atoms with van der Waals surface area (Å²) in [7, 11) is 0. The predicted molar refractivity (Wildman–Crippen MR) is 59.3 cm³/mol. The van der Waals surface area contributed by atoms with Crippen molar-refractivity contribution in [3.05, 3.63) is 0 Å². The summed E-state index contributed by atoms with van der Waals surface area (Å²) >= 11 is 0. The Morgan fingerprint density at radius 1 is 1.53 bits per heavy atom. The lowest BCUT2D eigenvalue weighted by molar-refractivity contribution is -0.163. The Kier molecular flexibility index (Phi) is 3.35. The van der Waals surface area contributed by atoms with Gasteiger partial charge in [0.15, 0.2) is 0 Å². The Morgan fingerprint density at radius 3 is 2.65 bits per heavy atom. The molecule has 0 bridgehead atoms. The van der Waals surface area contributed by atoms with E-state index < -0.39 is 11.5 Å². The van der Waals surface area contributed by atoms with Gasteiger partial charge in [-0.3, -0.25) is 4.79 Å². The van der Waals surface area contributed by atoms with Gasteiger partial charge in [-0.1, -0.05) is 0 Å². The van der Waals surface area contributed by atoms with Crippen LogP contribution in [0.4, 0.5) is 0 Å². The monoisotopic (exact) mass is 242 g/mol. The molecule has 1 amide bonds. The highest BCUT2D eigenvalue weighted by molar-refractivity contribution is 5.88. The third kappa shape index (κ3) is 2.02. The number of amides is 1. The summed E-state index contributed by atoms with van der Waals surface area (Å²) in [5.41, 5.74) is 4.49. The van der Waals surface area contributed by atoms with Gasteiger partial charge in [0.1, 0.15) is 5.54 Å². The van der Waals surface area contributed by atoms with Gasteiger partial charge in [-0.25, -0.2) is 4.79 Å². The van der Waals surface area contributed by atoms with Crippen molar-refractivity contribution in [2.75, 3.05) is 26.3 Å². The van der Waals surface area contributed by atoms with Gasteiger partial charge in [-0.15, -0.1) is 0 Å². The van der Waals surface area contributed by atoms with Gasteiger partial charge in [0.2, 0.25) is 5.91 Å². The third-order valence-electron chi connectivity index (χ3n) is 3.77. The lowest BCUT2D eigenvalue weighted by atomic mass is 9.88. The zero-order valence-corrected chi connectivity index (χ0v) is 9.72. The molecule has 6 nitrogen and oxygen atoms in total. The molecule has 0 spiro atoms. The highest BCUT2D eigenvalue weighted by Crippen LogP contribution is 2.33. The molecule has 3 N–H and O–H groups in total. The van der Waals surface area contributed by atoms with E-state index in [2.05, 4.69) is 0 Å². The number of hydrogen-bond donors (Lipinski definition) is 2. The average Bonchev–Trinajstić information content (AvgIpc) is 2.71. The smallest absolute Gasteiger partial charge is 0.329 e. The van der Waals surface area contributed by atoms with Crippen LogP contribution in [0.5, 0.6) is 0 Å². The zero-order chi connectivity index (χ0) is 12.5. The number of carbonyl (C=O) groups excluding carboxylic acids is 1. The van der Waals surface area contributed by atoms with E-state index in [9.17, 15) is 14.7 Å². The predicted octanol–water partition coefficient (Wildman–Crippen LogP) is -0.573. The molecule has 1 atom stereocenters. The van der Waals surface area contributed by atoms with Crippen molar-refractivity contribution in [1.29, 1.82) is 0 Å². The molecule has 0 aromatic carbocycles. The average molecular weight is 242 g/mol. The van der Waals surface area contributed by atoms with Crippen LogP contribution in [0.25, 0.3) is 0 Å². The standard InChI is InChI=1S/C11H18N2O4/c12-6-8-5-9(14)13(7-8)11(10(15)16)1-3-17-4-2-11/h8H,1-7,12H2,(H,15,16). The highest BCUT2D eigenvalue weighted by atomic mass is 16.5. The summed E-state index contributed by atoms with van der Waals surface area (Å²) in [5, 5.41) is 9.45. The maximum absolute atomic E-state index is 11.9. The van der Waals surface area contributed by atoms with Gasteiger partial charge in [-0.2, -0.15) is 0 Å². The number of nitrogens with two attached hydrogens (primary N) is 1. The molecule has 0 aromatic heterocycles. The summed E-state index contributed by atoms with van der Waals surface area (Å²) < 4.78 is 5.20. The van der Waals surface area contributed by atoms with Crippen molar-refractivity contribution < 1.29 is 19.4 Å². The number of nitrogens with zero attached hydrogens (tertiary/aromatic N) is 1. The quantitative estimate of drug-likeness (QED) is 0.691. The molecule has 2 aliphatic heterocycles. The summed E-state index contributed by atoms with van der Waals surface area (Å²) in [4.78, 5) is 25.0. The van der Waals surface area contributed by atoms with E-state index in [0.29, 0.717) is 45.6 Å². The minimum absolute atomic E-state index is 0.0848. The van der Waals surface area contributed by atoms with Crippen LogP contribution >= 0.6 is 0 Å². The number of rotatable bonds is 3. The van der Waals surface area contributed by atoms with Crippen LogP contribution in [-0.4, -0.2) is 53.7 Å². The van der Waals surface area contributed by atoms with E-state index in [1.54, 1.807) is 0 Å². The fourth-order valence-electron chi connectivity index (χ4n) is 2.66. The molecule has 2 heterocycles. The van der Waals surface area contributed by atoms with E-state index in [-0.39, 0.29) is 11.8 Å². The van der Waals surface area contributed by atoms with E-state index in [0.717, 1.165) is 0 Å². The Morgan fingerprint density at radius 2 is 2.18 bits per heavy atom. The Bertz CT molecular complexity index is 325. The van der Waals surface area contributed by atoms with E-state index >= 15 is 0 Å². The Labute approximate surface area is 99.7 Å². The topological polar surface area (TPSA) is 92.9 Å². The summed E-state index contributed by atoms with van der Waals surface area (Å²) in [6.07, 6.45) is 1.10. The number of carboxylic acids is 1. The number of likely N-dealkylation sites (tertiary alicyclic amines) is 1. The van der Waals surface area contributed by atoms with Crippen LogP contribution in [0.3, 0.4) is 0 Å². The number of carbonyl (C=O) groups is 2. The maximum Gasteiger partial charge on any atom is 0.329 e. The Hall–Kier alpha value is -1.14. The van der Waals surface area contributed by atoms with Gasteiger partial charge in [0, 0.05) is 39.0 Å². The molecule has 0 saturated carbocycles. The first-order chi connectivity index (χ1) is 8.10. The van der Waals surface area contributed by atoms with Gasteiger partial charge in [0.25, 0.3) is 0 Å². The number of ether oxygens (including phenoxy) is 1. The molecule has 0 aliphatic carbocycles. The molecule has 96 valence electrons. The normalized spacial score (nSPS) is 28.4. The van der Waals surface area contributed by atoms with Crippen molar-refractivity contribution >= 4 is 11.9 Å². The molecule has 2 fully saturated rings. The summed E-state index contributed by atoms with van der Waals surface area (Å²) in [6, 6.07) is 0. The first-order valence-electron chi connectivity index (χ1n) is 5.92. The van der Waals surface area contributed by atoms with Crippen LogP contribution in [0.1, 0.15) is 19.3 Å². The van der Waals surface area contributed by atoms with Crippen LogP contribution < -0.4 is 5.73 Å². The number of aliphatic carboxylic acids is 1. The largest absolute Gasteiger partial charge is 0.479 e. The molecule has 1 unspecified atom stereocenters. The lowest BCUT2D eigenvalue weighted by Crippen LogP contribution is -2.58. The second kappa shape index (κ2) is 4.62. The molecule has 2 rings (SSSR count). The van der Waals surface area contributed by atoms with Crippen LogP contribution in [0, 0.1) is 5.92 Å². The van der Waals surface area contributed by atoms with Crippen LogP contribution in [0.2, 0.25) is 0 Å². The number of hydrogen-bond acceptors (Lipinski definition) is 4. The molecule has 0 radical (unpaired) electrons. The second-order valence-electron chi connectivity index (χ2n) is 4.76. The highest BCUT2D eigenvalue weighted by Gasteiger charge is 2.50. The molecule has 17 heavy (non-hydrogen) atoms. The fraction of sp³-hybridized carbons (Fsp3) is 0.818. The van der Waals surface area contributed by atoms with Gasteiger partial charge in [-0.05, 0) is 12.5 Å². The van der Waals surface area contributed by atoms with Crippen LogP contribution in [-0.2, 0) is 14.3 Å². The first-order valence-corrected chi connectivity index (χ1v) is 5.92. The molecular formula is C11H18N2O4. The van der Waals surface area contributed by atoms with Crippen molar-refractivity contribution in [1.82, 2.24) is 4.90 Å². The fourth-order valence-corrected chi connectivity index (χ4v) is 2.66. The lowest BCUT2D eigenvalue weighted by Gasteiger charge is -2.40. The summed E-state index contributed by atoms with van der Waals surface area (Å²) in [6.45, 7) is 1.67.